The van der Waals surface area contributed by atoms with Crippen molar-refractivity contribution in [2.45, 2.75) is 84.0 Å². The SMILES string of the molecule is CCCCN1C(=O)[C@@H]([C@H](O)C(C)C)NC(=O)C12CCN(C(c1ccc(F)cc1)c1c(C)n[nH]c1C)CC2.Cl. The number of nitrogens with zero attached hydrogens (tertiary/aromatic N) is 3. The summed E-state index contributed by atoms with van der Waals surface area (Å²) < 4.78 is 13.8. The van der Waals surface area contributed by atoms with Crippen LogP contribution in [-0.4, -0.2) is 74.2 Å². The van der Waals surface area contributed by atoms with Crippen molar-refractivity contribution >= 4 is 24.2 Å². The van der Waals surface area contributed by atoms with Crippen molar-refractivity contribution in [1.82, 2.24) is 25.3 Å². The standard InChI is InChI=1S/C28H40FN5O3.ClH/c1-6-7-14-34-26(36)23(25(35)17(2)3)30-27(37)28(34)12-15-33(16-13-28)24(20-8-10-21(29)11-9-20)22-18(4)31-32-19(22)5;/h8-11,17,23-25,35H,6-7,12-16H2,1-5H3,(H,30,37)(H,31,32);1H/t23-,24?,25-;/m1./s1. The van der Waals surface area contributed by atoms with E-state index < -0.39 is 17.7 Å². The van der Waals surface area contributed by atoms with Crippen molar-refractivity contribution in [1.29, 1.82) is 0 Å². The Kier molecular flexibility index (Phi) is 9.60. The minimum Gasteiger partial charge on any atom is -0.390 e. The number of hydrogen-bond donors (Lipinski definition) is 3. The van der Waals surface area contributed by atoms with E-state index in [2.05, 4.69) is 27.3 Å². The van der Waals surface area contributed by atoms with Crippen molar-refractivity contribution in [3.8, 4) is 0 Å². The van der Waals surface area contributed by atoms with E-state index in [4.69, 9.17) is 0 Å². The second-order valence-electron chi connectivity index (χ2n) is 10.9. The third kappa shape index (κ3) is 5.46. The average molecular weight is 550 g/mol. The topological polar surface area (TPSA) is 102 Å². The van der Waals surface area contributed by atoms with Gasteiger partial charge in [0, 0.05) is 30.9 Å². The van der Waals surface area contributed by atoms with Crippen LogP contribution in [0, 0.1) is 25.6 Å². The number of aromatic nitrogens is 2. The predicted molar refractivity (Wildman–Crippen MR) is 146 cm³/mol. The summed E-state index contributed by atoms with van der Waals surface area (Å²) in [5.41, 5.74) is 2.90. The molecule has 0 radical (unpaired) electrons. The minimum atomic E-state index is -0.941. The number of piperidine rings is 1. The van der Waals surface area contributed by atoms with Crippen molar-refractivity contribution in [3.63, 3.8) is 0 Å². The highest BCUT2D eigenvalue weighted by molar-refractivity contribution is 6.00. The minimum absolute atomic E-state index is 0. The average Bonchev–Trinajstić information content (AvgIpc) is 3.21. The van der Waals surface area contributed by atoms with Crippen LogP contribution >= 0.6 is 12.4 Å². The molecule has 2 saturated heterocycles. The van der Waals surface area contributed by atoms with Gasteiger partial charge in [0.2, 0.25) is 11.8 Å². The molecule has 10 heteroatoms. The lowest BCUT2D eigenvalue weighted by molar-refractivity contribution is -0.165. The number of aromatic amines is 1. The summed E-state index contributed by atoms with van der Waals surface area (Å²) >= 11 is 0. The normalized spacial score (nSPS) is 21.4. The molecule has 3 atom stereocenters. The van der Waals surface area contributed by atoms with Crippen LogP contribution in [0.3, 0.4) is 0 Å². The molecule has 0 aliphatic carbocycles. The maximum absolute atomic E-state index is 13.8. The summed E-state index contributed by atoms with van der Waals surface area (Å²) in [6, 6.07) is 5.48. The zero-order chi connectivity index (χ0) is 26.9. The van der Waals surface area contributed by atoms with Gasteiger partial charge in [-0.05, 0) is 56.7 Å². The van der Waals surface area contributed by atoms with E-state index in [1.165, 1.54) is 12.1 Å². The Bertz CT molecular complexity index is 1090. The second-order valence-corrected chi connectivity index (χ2v) is 10.9. The fourth-order valence-electron chi connectivity index (χ4n) is 5.91. The summed E-state index contributed by atoms with van der Waals surface area (Å²) in [5, 5.41) is 21.0. The first-order valence-electron chi connectivity index (χ1n) is 13.4. The number of amides is 2. The highest BCUT2D eigenvalue weighted by Gasteiger charge is 2.55. The number of carbonyl (C=O) groups is 2. The molecule has 4 rings (SSSR count). The first-order chi connectivity index (χ1) is 17.6. The molecule has 2 amide bonds. The summed E-state index contributed by atoms with van der Waals surface area (Å²) in [4.78, 5) is 31.3. The zero-order valence-corrected chi connectivity index (χ0v) is 23.8. The number of aliphatic hydroxyl groups excluding tert-OH is 1. The van der Waals surface area contributed by atoms with Gasteiger partial charge >= 0.3 is 0 Å². The number of hydrogen-bond acceptors (Lipinski definition) is 5. The highest BCUT2D eigenvalue weighted by Crippen LogP contribution is 2.40. The molecular formula is C28H41ClFN5O3. The van der Waals surface area contributed by atoms with Gasteiger partial charge in [0.05, 0.1) is 17.8 Å². The van der Waals surface area contributed by atoms with Crippen molar-refractivity contribution in [2.75, 3.05) is 19.6 Å². The van der Waals surface area contributed by atoms with E-state index in [1.54, 1.807) is 17.0 Å². The van der Waals surface area contributed by atoms with Gasteiger partial charge in [-0.15, -0.1) is 12.4 Å². The fourth-order valence-corrected chi connectivity index (χ4v) is 5.91. The molecule has 38 heavy (non-hydrogen) atoms. The molecule has 3 heterocycles. The summed E-state index contributed by atoms with van der Waals surface area (Å²) in [7, 11) is 0. The molecule has 1 spiro atoms. The Labute approximate surface area is 230 Å². The van der Waals surface area contributed by atoms with E-state index in [9.17, 15) is 19.1 Å². The molecule has 210 valence electrons. The number of nitrogens with one attached hydrogen (secondary N) is 2. The van der Waals surface area contributed by atoms with Gasteiger partial charge in [0.25, 0.3) is 0 Å². The Morgan fingerprint density at radius 2 is 1.79 bits per heavy atom. The Balaban J connectivity index is 0.00000400. The first kappa shape index (κ1) is 30.1. The van der Waals surface area contributed by atoms with Crippen LogP contribution in [0.15, 0.2) is 24.3 Å². The quantitative estimate of drug-likeness (QED) is 0.466. The lowest BCUT2D eigenvalue weighted by Gasteiger charge is -2.53. The van der Waals surface area contributed by atoms with Gasteiger partial charge in [-0.3, -0.25) is 19.6 Å². The van der Waals surface area contributed by atoms with E-state index in [0.29, 0.717) is 32.5 Å². The maximum atomic E-state index is 13.8. The maximum Gasteiger partial charge on any atom is 0.248 e. The van der Waals surface area contributed by atoms with Gasteiger partial charge in [-0.2, -0.15) is 5.10 Å². The predicted octanol–water partition coefficient (Wildman–Crippen LogP) is 3.66. The summed E-state index contributed by atoms with van der Waals surface area (Å²) in [6.45, 7) is 11.3. The summed E-state index contributed by atoms with van der Waals surface area (Å²) in [6.07, 6.45) is 1.71. The van der Waals surface area contributed by atoms with Crippen LogP contribution < -0.4 is 5.32 Å². The Morgan fingerprint density at radius 1 is 1.16 bits per heavy atom. The number of benzene rings is 1. The molecule has 2 aliphatic heterocycles. The smallest absolute Gasteiger partial charge is 0.248 e. The number of carbonyl (C=O) groups excluding carboxylic acids is 2. The molecule has 8 nitrogen and oxygen atoms in total. The van der Waals surface area contributed by atoms with E-state index >= 15 is 0 Å². The van der Waals surface area contributed by atoms with Gasteiger partial charge in [0.1, 0.15) is 17.4 Å². The summed E-state index contributed by atoms with van der Waals surface area (Å²) in [5.74, 6) is -0.820. The van der Waals surface area contributed by atoms with Crippen LogP contribution in [0.1, 0.15) is 75.0 Å². The molecular weight excluding hydrogens is 509 g/mol. The number of halogens is 2. The lowest BCUT2D eigenvalue weighted by Crippen LogP contribution is -2.75. The van der Waals surface area contributed by atoms with E-state index in [1.807, 2.05) is 27.7 Å². The zero-order valence-electron chi connectivity index (χ0n) is 23.0. The van der Waals surface area contributed by atoms with Crippen LogP contribution in [0.25, 0.3) is 0 Å². The van der Waals surface area contributed by atoms with Crippen LogP contribution in [0.4, 0.5) is 4.39 Å². The van der Waals surface area contributed by atoms with Crippen LogP contribution in [0.2, 0.25) is 0 Å². The number of H-pyrrole nitrogens is 1. The molecule has 2 fully saturated rings. The van der Waals surface area contributed by atoms with E-state index in [0.717, 1.165) is 35.4 Å². The molecule has 2 aromatic rings. The molecule has 2 aliphatic rings. The van der Waals surface area contributed by atoms with Gasteiger partial charge < -0.3 is 15.3 Å². The van der Waals surface area contributed by atoms with Crippen molar-refractivity contribution < 1.29 is 19.1 Å². The van der Waals surface area contributed by atoms with Gasteiger partial charge in [-0.1, -0.05) is 39.3 Å². The Morgan fingerprint density at radius 3 is 2.32 bits per heavy atom. The molecule has 0 saturated carbocycles. The number of likely N-dealkylation sites (tertiary alicyclic amines) is 1. The number of unbranched alkanes of at least 4 members (excludes halogenated alkanes) is 1. The van der Waals surface area contributed by atoms with Crippen LogP contribution in [-0.2, 0) is 9.59 Å². The number of rotatable bonds is 8. The third-order valence-electron chi connectivity index (χ3n) is 8.15. The number of piperazine rings is 1. The molecule has 1 aromatic carbocycles. The largest absolute Gasteiger partial charge is 0.390 e. The third-order valence-corrected chi connectivity index (χ3v) is 8.15. The molecule has 1 aromatic heterocycles. The number of aryl methyl sites for hydroxylation is 2. The van der Waals surface area contributed by atoms with Gasteiger partial charge in [0.15, 0.2) is 0 Å². The van der Waals surface area contributed by atoms with Crippen molar-refractivity contribution in [3.05, 3.63) is 52.6 Å². The lowest BCUT2D eigenvalue weighted by atomic mass is 9.79. The first-order valence-corrected chi connectivity index (χ1v) is 13.4. The fraction of sp³-hybridized carbons (Fsp3) is 0.607. The monoisotopic (exact) mass is 549 g/mol. The Hall–Kier alpha value is -2.49. The molecule has 0 bridgehead atoms. The van der Waals surface area contributed by atoms with Crippen molar-refractivity contribution in [2.24, 2.45) is 5.92 Å². The highest BCUT2D eigenvalue weighted by atomic mass is 35.5. The van der Waals surface area contributed by atoms with E-state index in [-0.39, 0.29) is 42.0 Å². The van der Waals surface area contributed by atoms with Crippen LogP contribution in [0.5, 0.6) is 0 Å². The van der Waals surface area contributed by atoms with Gasteiger partial charge in [-0.25, -0.2) is 4.39 Å². The second kappa shape index (κ2) is 12.1. The molecule has 1 unspecified atom stereocenters. The number of aliphatic hydroxyl groups is 1. The molecule has 3 N–H and O–H groups in total.